The van der Waals surface area contributed by atoms with Gasteiger partial charge < -0.3 is 15.7 Å². The van der Waals surface area contributed by atoms with Gasteiger partial charge in [0.25, 0.3) is 0 Å². The van der Waals surface area contributed by atoms with E-state index < -0.39 is 11.9 Å². The Morgan fingerprint density at radius 3 is 2.62 bits per heavy atom. The number of carbonyl (C=O) groups is 2. The highest BCUT2D eigenvalue weighted by Gasteiger charge is 2.32. The van der Waals surface area contributed by atoms with Crippen molar-refractivity contribution in [1.29, 1.82) is 0 Å². The van der Waals surface area contributed by atoms with Crippen molar-refractivity contribution in [2.75, 3.05) is 5.75 Å². The van der Waals surface area contributed by atoms with Crippen molar-refractivity contribution in [3.05, 3.63) is 0 Å². The van der Waals surface area contributed by atoms with Crippen molar-refractivity contribution in [2.45, 2.75) is 69.2 Å². The van der Waals surface area contributed by atoms with Gasteiger partial charge in [0.15, 0.2) is 0 Å². The molecule has 0 aliphatic heterocycles. The van der Waals surface area contributed by atoms with Gasteiger partial charge >= 0.3 is 12.0 Å². The summed E-state index contributed by atoms with van der Waals surface area (Å²) in [6.07, 6.45) is 6.58. The lowest BCUT2D eigenvalue weighted by Gasteiger charge is -2.29. The number of carboxylic acids is 1. The predicted molar refractivity (Wildman–Crippen MR) is 84.6 cm³/mol. The number of aliphatic carboxylic acids is 1. The van der Waals surface area contributed by atoms with E-state index in [9.17, 15) is 14.7 Å². The largest absolute Gasteiger partial charge is 0.481 e. The Bertz CT molecular complexity index is 378. The molecule has 0 heterocycles. The van der Waals surface area contributed by atoms with Crippen molar-refractivity contribution in [1.82, 2.24) is 10.6 Å². The smallest absolute Gasteiger partial charge is 0.315 e. The Labute approximate surface area is 130 Å². The van der Waals surface area contributed by atoms with Crippen LogP contribution >= 0.6 is 11.8 Å². The molecule has 120 valence electrons. The number of urea groups is 1. The second-order valence-electron chi connectivity index (χ2n) is 6.04. The van der Waals surface area contributed by atoms with Gasteiger partial charge in [-0.15, -0.1) is 0 Å². The summed E-state index contributed by atoms with van der Waals surface area (Å²) in [6.45, 7) is 2.16. The van der Waals surface area contributed by atoms with Gasteiger partial charge in [-0.25, -0.2) is 4.79 Å². The molecule has 2 aliphatic carbocycles. The molecular weight excluding hydrogens is 288 g/mol. The number of hydrogen-bond donors (Lipinski definition) is 3. The molecule has 2 rings (SSSR count). The molecule has 3 N–H and O–H groups in total. The fourth-order valence-electron chi connectivity index (χ4n) is 3.45. The minimum absolute atomic E-state index is 0.194. The van der Waals surface area contributed by atoms with Crippen LogP contribution in [0.25, 0.3) is 0 Å². The number of nitrogens with one attached hydrogen (secondary N) is 2. The Hall–Kier alpha value is -0.910. The van der Waals surface area contributed by atoms with E-state index in [1.807, 2.05) is 11.8 Å². The minimum Gasteiger partial charge on any atom is -0.481 e. The topological polar surface area (TPSA) is 78.4 Å². The van der Waals surface area contributed by atoms with E-state index in [-0.39, 0.29) is 18.1 Å². The third kappa shape index (κ3) is 4.80. The van der Waals surface area contributed by atoms with Crippen LogP contribution in [-0.2, 0) is 4.79 Å². The molecule has 2 aliphatic rings. The second-order valence-corrected chi connectivity index (χ2v) is 7.62. The van der Waals surface area contributed by atoms with Gasteiger partial charge in [0.05, 0.1) is 5.92 Å². The Kier molecular flexibility index (Phi) is 6.21. The Balaban J connectivity index is 1.77. The van der Waals surface area contributed by atoms with E-state index in [4.69, 9.17) is 0 Å². The average molecular weight is 314 g/mol. The third-order valence-electron chi connectivity index (χ3n) is 4.52. The molecule has 0 spiro atoms. The van der Waals surface area contributed by atoms with Crippen LogP contribution in [0.4, 0.5) is 4.79 Å². The SMILES string of the molecule is CCSC1CCC(NC(=O)NC2CCCCC2C(=O)O)C1. The first-order chi connectivity index (χ1) is 10.1. The fraction of sp³-hybridized carbons (Fsp3) is 0.867. The molecule has 0 radical (unpaired) electrons. The number of thioether (sulfide) groups is 1. The van der Waals surface area contributed by atoms with Crippen LogP contribution < -0.4 is 10.6 Å². The molecule has 5 nitrogen and oxygen atoms in total. The molecule has 4 atom stereocenters. The molecule has 0 aromatic rings. The maximum atomic E-state index is 12.1. The number of carbonyl (C=O) groups excluding carboxylic acids is 1. The number of carboxylic acid groups (broad SMARTS) is 1. The zero-order chi connectivity index (χ0) is 15.2. The molecule has 2 saturated carbocycles. The van der Waals surface area contributed by atoms with Crippen LogP contribution in [0.15, 0.2) is 0 Å². The summed E-state index contributed by atoms with van der Waals surface area (Å²) >= 11 is 1.96. The fourth-order valence-corrected chi connectivity index (χ4v) is 4.60. The molecule has 0 bridgehead atoms. The molecule has 0 aromatic heterocycles. The Morgan fingerprint density at radius 1 is 1.14 bits per heavy atom. The summed E-state index contributed by atoms with van der Waals surface area (Å²) in [5.74, 6) is -0.108. The highest BCUT2D eigenvalue weighted by molar-refractivity contribution is 7.99. The lowest BCUT2D eigenvalue weighted by Crippen LogP contribution is -2.50. The van der Waals surface area contributed by atoms with Crippen LogP contribution in [-0.4, -0.2) is 40.2 Å². The quantitative estimate of drug-likeness (QED) is 0.729. The lowest BCUT2D eigenvalue weighted by atomic mass is 9.84. The van der Waals surface area contributed by atoms with Crippen LogP contribution in [0.1, 0.15) is 51.9 Å². The monoisotopic (exact) mass is 314 g/mol. The summed E-state index contributed by atoms with van der Waals surface area (Å²) in [5.41, 5.74) is 0. The minimum atomic E-state index is -0.791. The molecule has 0 saturated heterocycles. The third-order valence-corrected chi connectivity index (χ3v) is 5.75. The standard InChI is InChI=1S/C15H26N2O3S/c1-2-21-11-8-7-10(9-11)16-15(20)17-13-6-4-3-5-12(13)14(18)19/h10-13H,2-9H2,1H3,(H,18,19)(H2,16,17,20). The van der Waals surface area contributed by atoms with Crippen LogP contribution in [0, 0.1) is 5.92 Å². The molecule has 2 fully saturated rings. The van der Waals surface area contributed by atoms with Gasteiger partial charge in [-0.2, -0.15) is 11.8 Å². The van der Waals surface area contributed by atoms with E-state index in [0.29, 0.717) is 11.7 Å². The summed E-state index contributed by atoms with van der Waals surface area (Å²) < 4.78 is 0. The van der Waals surface area contributed by atoms with Crippen molar-refractivity contribution in [3.8, 4) is 0 Å². The van der Waals surface area contributed by atoms with Gasteiger partial charge in [0, 0.05) is 17.3 Å². The van der Waals surface area contributed by atoms with E-state index in [1.165, 1.54) is 0 Å². The molecular formula is C15H26N2O3S. The second kappa shape index (κ2) is 7.92. The number of amides is 2. The van der Waals surface area contributed by atoms with Crippen LogP contribution in [0.3, 0.4) is 0 Å². The normalized spacial score (nSPS) is 32.6. The van der Waals surface area contributed by atoms with Crippen LogP contribution in [0.5, 0.6) is 0 Å². The number of rotatable bonds is 5. The van der Waals surface area contributed by atoms with Gasteiger partial charge in [-0.3, -0.25) is 4.79 Å². The number of hydrogen-bond acceptors (Lipinski definition) is 3. The summed E-state index contributed by atoms with van der Waals surface area (Å²) in [4.78, 5) is 23.3. The Morgan fingerprint density at radius 2 is 1.90 bits per heavy atom. The zero-order valence-corrected chi connectivity index (χ0v) is 13.5. The van der Waals surface area contributed by atoms with Gasteiger partial charge in [0.2, 0.25) is 0 Å². The van der Waals surface area contributed by atoms with Gasteiger partial charge in [-0.05, 0) is 37.9 Å². The van der Waals surface area contributed by atoms with E-state index in [2.05, 4.69) is 17.6 Å². The summed E-state index contributed by atoms with van der Waals surface area (Å²) in [5, 5.41) is 15.8. The molecule has 4 unspecified atom stereocenters. The molecule has 0 aromatic carbocycles. The van der Waals surface area contributed by atoms with Crippen molar-refractivity contribution < 1.29 is 14.7 Å². The molecule has 21 heavy (non-hydrogen) atoms. The van der Waals surface area contributed by atoms with Crippen molar-refractivity contribution in [3.63, 3.8) is 0 Å². The zero-order valence-electron chi connectivity index (χ0n) is 12.6. The first-order valence-corrected chi connectivity index (χ1v) is 9.06. The lowest BCUT2D eigenvalue weighted by molar-refractivity contribution is -0.143. The van der Waals surface area contributed by atoms with Crippen molar-refractivity contribution in [2.24, 2.45) is 5.92 Å². The highest BCUT2D eigenvalue weighted by Crippen LogP contribution is 2.30. The first-order valence-electron chi connectivity index (χ1n) is 8.01. The maximum absolute atomic E-state index is 12.1. The highest BCUT2D eigenvalue weighted by atomic mass is 32.2. The van der Waals surface area contributed by atoms with Crippen molar-refractivity contribution >= 4 is 23.8 Å². The van der Waals surface area contributed by atoms with Gasteiger partial charge in [0.1, 0.15) is 0 Å². The molecule has 2 amide bonds. The van der Waals surface area contributed by atoms with Crippen LogP contribution in [0.2, 0.25) is 0 Å². The average Bonchev–Trinajstić information content (AvgIpc) is 2.86. The molecule has 6 heteroatoms. The van der Waals surface area contributed by atoms with E-state index in [0.717, 1.165) is 44.3 Å². The summed E-state index contributed by atoms with van der Waals surface area (Å²) in [7, 11) is 0. The van der Waals surface area contributed by atoms with E-state index in [1.54, 1.807) is 0 Å². The first kappa shape index (κ1) is 16.5. The van der Waals surface area contributed by atoms with Gasteiger partial charge in [-0.1, -0.05) is 19.8 Å². The predicted octanol–water partition coefficient (Wildman–Crippen LogP) is 2.60. The summed E-state index contributed by atoms with van der Waals surface area (Å²) in [6, 6.07) is -0.181. The maximum Gasteiger partial charge on any atom is 0.315 e. The van der Waals surface area contributed by atoms with E-state index >= 15 is 0 Å².